The van der Waals surface area contributed by atoms with Crippen molar-refractivity contribution in [3.63, 3.8) is 0 Å². The van der Waals surface area contributed by atoms with Crippen molar-refractivity contribution in [2.75, 3.05) is 0 Å². The lowest BCUT2D eigenvalue weighted by Crippen LogP contribution is -1.66. The normalized spacial score (nSPS) is 14.5. The van der Waals surface area contributed by atoms with E-state index in [0.29, 0.717) is 0 Å². The summed E-state index contributed by atoms with van der Waals surface area (Å²) in [7, 11) is 0. The van der Waals surface area contributed by atoms with Crippen LogP contribution in [0.2, 0.25) is 0 Å². The highest BCUT2D eigenvalue weighted by Crippen LogP contribution is 2.07. The minimum Gasteiger partial charge on any atom is -0.0848 e. The molecule has 0 nitrogen and oxygen atoms in total. The molecule has 11 heavy (non-hydrogen) atoms. The molecule has 1 heteroatoms. The number of halogens is 1. The molecule has 62 valence electrons. The van der Waals surface area contributed by atoms with Gasteiger partial charge in [-0.15, -0.1) is 0 Å². The first-order valence-electron chi connectivity index (χ1n) is 3.84. The molecule has 0 aromatic rings. The fourth-order valence-corrected chi connectivity index (χ4v) is 1.08. The second kappa shape index (κ2) is 6.41. The Morgan fingerprint density at radius 2 is 2.00 bits per heavy atom. The van der Waals surface area contributed by atoms with E-state index in [0.717, 1.165) is 10.9 Å². The molecule has 0 aliphatic heterocycles. The fraction of sp³-hybridized carbons (Fsp3) is 0.400. The van der Waals surface area contributed by atoms with Crippen LogP contribution in [0.3, 0.4) is 0 Å². The summed E-state index contributed by atoms with van der Waals surface area (Å²) in [5.74, 6) is 0. The summed E-state index contributed by atoms with van der Waals surface area (Å²) in [4.78, 5) is 0. The monoisotopic (exact) mass is 214 g/mol. The first-order valence-corrected chi connectivity index (χ1v) is 4.63. The number of rotatable bonds is 3. The molecule has 0 saturated carbocycles. The fourth-order valence-electron chi connectivity index (χ4n) is 0.718. The number of hydrogen-bond acceptors (Lipinski definition) is 0. The van der Waals surface area contributed by atoms with E-state index in [4.69, 9.17) is 0 Å². The molecule has 0 heterocycles. The Hall–Kier alpha value is -0.300. The third kappa shape index (κ3) is 7.60. The maximum Gasteiger partial charge on any atom is -0.00778 e. The Morgan fingerprint density at radius 3 is 2.45 bits per heavy atom. The molecule has 0 saturated heterocycles. The van der Waals surface area contributed by atoms with Crippen LogP contribution in [0.25, 0.3) is 0 Å². The lowest BCUT2D eigenvalue weighted by atomic mass is 10.2. The highest BCUT2D eigenvalue weighted by Gasteiger charge is 1.80. The van der Waals surface area contributed by atoms with Gasteiger partial charge in [-0.25, -0.2) is 0 Å². The van der Waals surface area contributed by atoms with E-state index in [1.165, 1.54) is 5.57 Å². The molecule has 0 radical (unpaired) electrons. The minimum absolute atomic E-state index is 1.10. The van der Waals surface area contributed by atoms with Crippen molar-refractivity contribution in [2.45, 2.75) is 27.2 Å². The maximum atomic E-state index is 3.38. The van der Waals surface area contributed by atoms with Gasteiger partial charge >= 0.3 is 0 Å². The van der Waals surface area contributed by atoms with E-state index >= 15 is 0 Å². The van der Waals surface area contributed by atoms with Crippen molar-refractivity contribution < 1.29 is 0 Å². The molecule has 0 unspecified atom stereocenters. The molecule has 0 amide bonds. The van der Waals surface area contributed by atoms with E-state index in [-0.39, 0.29) is 0 Å². The first kappa shape index (κ1) is 10.7. The summed E-state index contributed by atoms with van der Waals surface area (Å²) >= 11 is 3.38. The van der Waals surface area contributed by atoms with Crippen LogP contribution in [-0.4, -0.2) is 0 Å². The predicted octanol–water partition coefficient (Wildman–Crippen LogP) is 4.20. The van der Waals surface area contributed by atoms with Crippen molar-refractivity contribution in [1.82, 2.24) is 0 Å². The molecule has 0 bridgehead atoms. The summed E-state index contributed by atoms with van der Waals surface area (Å²) < 4.78 is 1.16. The van der Waals surface area contributed by atoms with Crippen molar-refractivity contribution in [2.24, 2.45) is 0 Å². The van der Waals surface area contributed by atoms with Crippen LogP contribution in [-0.2, 0) is 0 Å². The van der Waals surface area contributed by atoms with E-state index in [9.17, 15) is 0 Å². The van der Waals surface area contributed by atoms with E-state index in [1.54, 1.807) is 0 Å². The summed E-state index contributed by atoms with van der Waals surface area (Å²) in [5.41, 5.74) is 1.27. The summed E-state index contributed by atoms with van der Waals surface area (Å²) in [6.07, 6.45) is 9.53. The van der Waals surface area contributed by atoms with Crippen LogP contribution in [0, 0.1) is 0 Å². The molecule has 0 aromatic carbocycles. The van der Waals surface area contributed by atoms with Crippen LogP contribution in [0.5, 0.6) is 0 Å². The Bertz CT molecular complexity index is 181. The van der Waals surface area contributed by atoms with Gasteiger partial charge < -0.3 is 0 Å². The summed E-state index contributed by atoms with van der Waals surface area (Å²) in [6.45, 7) is 6.25. The molecule has 0 N–H and O–H groups in total. The van der Waals surface area contributed by atoms with E-state index in [2.05, 4.69) is 54.1 Å². The van der Waals surface area contributed by atoms with Crippen LogP contribution in [0.4, 0.5) is 0 Å². The molecule has 0 aliphatic carbocycles. The van der Waals surface area contributed by atoms with Gasteiger partial charge in [-0.05, 0) is 30.8 Å². The average molecular weight is 215 g/mol. The summed E-state index contributed by atoms with van der Waals surface area (Å²) in [5, 5.41) is 0. The Morgan fingerprint density at radius 1 is 1.36 bits per heavy atom. The molecule has 0 aromatic heterocycles. The van der Waals surface area contributed by atoms with E-state index < -0.39 is 0 Å². The van der Waals surface area contributed by atoms with Gasteiger partial charge in [0.15, 0.2) is 0 Å². The Kier molecular flexibility index (Phi) is 6.24. The second-order valence-electron chi connectivity index (χ2n) is 2.48. The zero-order valence-corrected chi connectivity index (χ0v) is 8.98. The smallest absolute Gasteiger partial charge is 0.00778 e. The lowest BCUT2D eigenvalue weighted by Gasteiger charge is -1.88. The van der Waals surface area contributed by atoms with Crippen LogP contribution in [0.15, 0.2) is 34.4 Å². The molecule has 0 atom stereocenters. The largest absolute Gasteiger partial charge is 0.0848 e. The van der Waals surface area contributed by atoms with Gasteiger partial charge in [0.25, 0.3) is 0 Å². The quantitative estimate of drug-likeness (QED) is 0.619. The van der Waals surface area contributed by atoms with Gasteiger partial charge in [-0.1, -0.05) is 46.7 Å². The average Bonchev–Trinajstić information content (AvgIpc) is 1.86. The van der Waals surface area contributed by atoms with Crippen LogP contribution in [0.1, 0.15) is 27.2 Å². The predicted molar refractivity (Wildman–Crippen MR) is 55.9 cm³/mol. The van der Waals surface area contributed by atoms with Gasteiger partial charge in [0.1, 0.15) is 0 Å². The molecule has 0 aliphatic rings. The van der Waals surface area contributed by atoms with E-state index in [1.807, 2.05) is 6.92 Å². The lowest BCUT2D eigenvalue weighted by molar-refractivity contribution is 1.22. The minimum atomic E-state index is 1.10. The second-order valence-corrected chi connectivity index (χ2v) is 3.73. The van der Waals surface area contributed by atoms with Crippen molar-refractivity contribution in [3.8, 4) is 0 Å². The van der Waals surface area contributed by atoms with Crippen LogP contribution < -0.4 is 0 Å². The molecule has 0 rings (SSSR count). The van der Waals surface area contributed by atoms with Gasteiger partial charge in [0.2, 0.25) is 0 Å². The SMILES string of the molecule is CC\C=C/C=C(C)\C=C(/C)Br. The first-order chi connectivity index (χ1) is 5.16. The van der Waals surface area contributed by atoms with Gasteiger partial charge in [0, 0.05) is 0 Å². The third-order valence-corrected chi connectivity index (χ3v) is 1.39. The highest BCUT2D eigenvalue weighted by atomic mass is 79.9. The zero-order chi connectivity index (χ0) is 8.69. The van der Waals surface area contributed by atoms with Gasteiger partial charge in [-0.3, -0.25) is 0 Å². The van der Waals surface area contributed by atoms with Crippen molar-refractivity contribution >= 4 is 15.9 Å². The molecule has 0 spiro atoms. The Balaban J connectivity index is 4.01. The maximum absolute atomic E-state index is 3.38. The topological polar surface area (TPSA) is 0 Å². The zero-order valence-electron chi connectivity index (χ0n) is 7.39. The van der Waals surface area contributed by atoms with Crippen molar-refractivity contribution in [3.05, 3.63) is 34.4 Å². The van der Waals surface area contributed by atoms with Gasteiger partial charge in [0.05, 0.1) is 0 Å². The molecular weight excluding hydrogens is 200 g/mol. The van der Waals surface area contributed by atoms with Gasteiger partial charge in [-0.2, -0.15) is 0 Å². The molecule has 0 fully saturated rings. The Labute approximate surface area is 77.8 Å². The summed E-state index contributed by atoms with van der Waals surface area (Å²) in [6, 6.07) is 0. The van der Waals surface area contributed by atoms with Crippen molar-refractivity contribution in [1.29, 1.82) is 0 Å². The number of allylic oxidation sites excluding steroid dienone is 6. The third-order valence-electron chi connectivity index (χ3n) is 1.16. The number of hydrogen-bond donors (Lipinski definition) is 0. The standard InChI is InChI=1S/C10H15Br/c1-4-5-6-7-9(2)8-10(3)11/h5-8H,4H2,1-3H3/b6-5-,9-7-,10-8+. The highest BCUT2D eigenvalue weighted by molar-refractivity contribution is 9.11. The molecular formula is C10H15Br. The van der Waals surface area contributed by atoms with Crippen LogP contribution >= 0.6 is 15.9 Å².